The molecule has 0 radical (unpaired) electrons. The third kappa shape index (κ3) is 5.94. The second kappa shape index (κ2) is 10.5. The third-order valence-corrected chi connectivity index (χ3v) is 7.10. The Labute approximate surface area is 200 Å². The van der Waals surface area contributed by atoms with Crippen LogP contribution in [0.1, 0.15) is 34.7 Å². The molecule has 1 heterocycles. The predicted molar refractivity (Wildman–Crippen MR) is 135 cm³/mol. The zero-order valence-corrected chi connectivity index (χ0v) is 20.4. The molecule has 4 rings (SSSR count). The van der Waals surface area contributed by atoms with E-state index in [-0.39, 0.29) is 12.0 Å². The first-order valence-corrected chi connectivity index (χ1v) is 13.4. The number of fused-ring (bicyclic) bond motifs is 2. The van der Waals surface area contributed by atoms with E-state index in [4.69, 9.17) is 0 Å². The van der Waals surface area contributed by atoms with E-state index in [1.54, 1.807) is 6.08 Å². The molecule has 180 valence electrons. The van der Waals surface area contributed by atoms with E-state index in [0.717, 1.165) is 36.9 Å². The Kier molecular flexibility index (Phi) is 7.50. The number of para-hydroxylation sites is 1. The minimum absolute atomic E-state index is 0.222. The molecule has 0 amide bonds. The standard InChI is InChI=1S/C26H31N3O4S/c1-33-26(30)12-8-19-7-10-23-20(17-19)9-11-25(23)29(16-14-28-34(2,31)32)15-13-21-18-27-24-6-4-3-5-22(21)24/h3-8,10,12,17-18,25,27-28H,9,11,13-16H2,1-2H3. The van der Waals surface area contributed by atoms with E-state index in [2.05, 4.69) is 49.8 Å². The zero-order valence-electron chi connectivity index (χ0n) is 19.6. The van der Waals surface area contributed by atoms with Gasteiger partial charge in [-0.25, -0.2) is 17.9 Å². The molecule has 2 aromatic carbocycles. The molecule has 1 aromatic heterocycles. The van der Waals surface area contributed by atoms with Crippen molar-refractivity contribution in [1.82, 2.24) is 14.6 Å². The van der Waals surface area contributed by atoms with Gasteiger partial charge in [-0.05, 0) is 53.7 Å². The second-order valence-corrected chi connectivity index (χ2v) is 10.5. The molecule has 3 aromatic rings. The molecule has 0 saturated heterocycles. The average Bonchev–Trinajstić information content (AvgIpc) is 3.43. The van der Waals surface area contributed by atoms with Gasteiger partial charge in [-0.1, -0.05) is 36.4 Å². The highest BCUT2D eigenvalue weighted by molar-refractivity contribution is 7.88. The largest absolute Gasteiger partial charge is 0.466 e. The molecular weight excluding hydrogens is 450 g/mol. The van der Waals surface area contributed by atoms with Gasteiger partial charge in [-0.2, -0.15) is 0 Å². The number of nitrogens with zero attached hydrogens (tertiary/aromatic N) is 1. The average molecular weight is 482 g/mol. The van der Waals surface area contributed by atoms with E-state index < -0.39 is 10.0 Å². The number of ether oxygens (including phenoxy) is 1. The number of hydrogen-bond acceptors (Lipinski definition) is 5. The van der Waals surface area contributed by atoms with Gasteiger partial charge in [0.25, 0.3) is 0 Å². The number of carbonyl (C=O) groups excluding carboxylic acids is 1. The first-order chi connectivity index (χ1) is 16.3. The first-order valence-electron chi connectivity index (χ1n) is 11.5. The number of sulfonamides is 1. The molecule has 0 fully saturated rings. The van der Waals surface area contributed by atoms with Crippen LogP contribution in [0.15, 0.2) is 54.7 Å². The highest BCUT2D eigenvalue weighted by Crippen LogP contribution is 2.36. The maximum atomic E-state index is 11.6. The molecule has 1 aliphatic rings. The van der Waals surface area contributed by atoms with Crippen molar-refractivity contribution in [3.05, 3.63) is 77.0 Å². The lowest BCUT2D eigenvalue weighted by atomic mass is 10.0. The first kappa shape index (κ1) is 24.2. The van der Waals surface area contributed by atoms with Crippen molar-refractivity contribution in [2.24, 2.45) is 0 Å². The topological polar surface area (TPSA) is 91.5 Å². The Morgan fingerprint density at radius 1 is 1.24 bits per heavy atom. The van der Waals surface area contributed by atoms with Gasteiger partial charge in [-0.3, -0.25) is 4.90 Å². The van der Waals surface area contributed by atoms with Gasteiger partial charge in [0.2, 0.25) is 10.0 Å². The number of rotatable bonds is 10. The maximum Gasteiger partial charge on any atom is 0.330 e. The van der Waals surface area contributed by atoms with Gasteiger partial charge in [0.1, 0.15) is 0 Å². The summed E-state index contributed by atoms with van der Waals surface area (Å²) in [6, 6.07) is 14.8. The molecule has 0 saturated carbocycles. The SMILES string of the molecule is COC(=O)C=Cc1ccc2c(c1)CCC2N(CCNS(C)(=O)=O)CCc1c[nH]c2ccccc12. The van der Waals surface area contributed by atoms with Crippen LogP contribution >= 0.6 is 0 Å². The molecule has 0 aliphatic heterocycles. The van der Waals surface area contributed by atoms with Gasteiger partial charge >= 0.3 is 5.97 Å². The Bertz CT molecular complexity index is 1300. The molecule has 1 aliphatic carbocycles. The van der Waals surface area contributed by atoms with E-state index >= 15 is 0 Å². The van der Waals surface area contributed by atoms with Crippen molar-refractivity contribution < 1.29 is 17.9 Å². The number of hydrogen-bond donors (Lipinski definition) is 2. The summed E-state index contributed by atoms with van der Waals surface area (Å²) in [4.78, 5) is 17.1. The van der Waals surface area contributed by atoms with Crippen LogP contribution in [0, 0.1) is 0 Å². The fourth-order valence-electron chi connectivity index (χ4n) is 4.73. The van der Waals surface area contributed by atoms with Crippen molar-refractivity contribution >= 4 is 33.0 Å². The number of nitrogens with one attached hydrogen (secondary N) is 2. The summed E-state index contributed by atoms with van der Waals surface area (Å²) >= 11 is 0. The molecule has 8 heteroatoms. The van der Waals surface area contributed by atoms with Crippen LogP contribution < -0.4 is 4.72 Å². The number of carbonyl (C=O) groups is 1. The van der Waals surface area contributed by atoms with Crippen LogP contribution in [-0.2, 0) is 32.4 Å². The number of benzene rings is 2. The van der Waals surface area contributed by atoms with Crippen LogP contribution in [0.25, 0.3) is 17.0 Å². The van der Waals surface area contributed by atoms with Crippen LogP contribution in [0.5, 0.6) is 0 Å². The van der Waals surface area contributed by atoms with Gasteiger partial charge in [0.05, 0.1) is 13.4 Å². The molecular formula is C26H31N3O4S. The Morgan fingerprint density at radius 3 is 2.85 bits per heavy atom. The fraction of sp³-hybridized carbons (Fsp3) is 0.346. The van der Waals surface area contributed by atoms with Crippen LogP contribution in [-0.4, -0.2) is 57.3 Å². The van der Waals surface area contributed by atoms with Gasteiger partial charge < -0.3 is 9.72 Å². The van der Waals surface area contributed by atoms with E-state index in [0.29, 0.717) is 13.1 Å². The minimum Gasteiger partial charge on any atom is -0.466 e. The normalized spacial score (nSPS) is 15.9. The van der Waals surface area contributed by atoms with Gasteiger partial charge in [0.15, 0.2) is 0 Å². The van der Waals surface area contributed by atoms with Crippen molar-refractivity contribution in [3.63, 3.8) is 0 Å². The molecule has 1 unspecified atom stereocenters. The molecule has 0 bridgehead atoms. The van der Waals surface area contributed by atoms with E-state index in [1.807, 2.05) is 18.2 Å². The quantitative estimate of drug-likeness (QED) is 0.342. The monoisotopic (exact) mass is 481 g/mol. The Hall–Kier alpha value is -2.94. The predicted octanol–water partition coefficient (Wildman–Crippen LogP) is 3.44. The number of H-pyrrole nitrogens is 1. The number of aromatic amines is 1. The number of esters is 1. The zero-order chi connectivity index (χ0) is 24.1. The number of aryl methyl sites for hydroxylation is 1. The lowest BCUT2D eigenvalue weighted by molar-refractivity contribution is -0.134. The summed E-state index contributed by atoms with van der Waals surface area (Å²) in [7, 11) is -1.87. The minimum atomic E-state index is -3.24. The molecule has 34 heavy (non-hydrogen) atoms. The number of methoxy groups -OCH3 is 1. The summed E-state index contributed by atoms with van der Waals surface area (Å²) in [6.45, 7) is 1.82. The molecule has 7 nitrogen and oxygen atoms in total. The number of aromatic nitrogens is 1. The second-order valence-electron chi connectivity index (χ2n) is 8.68. The van der Waals surface area contributed by atoms with Crippen molar-refractivity contribution in [2.75, 3.05) is 33.0 Å². The van der Waals surface area contributed by atoms with Crippen molar-refractivity contribution in [1.29, 1.82) is 0 Å². The fourth-order valence-corrected chi connectivity index (χ4v) is 5.19. The van der Waals surface area contributed by atoms with E-state index in [9.17, 15) is 13.2 Å². The summed E-state index contributed by atoms with van der Waals surface area (Å²) < 4.78 is 30.5. The lowest BCUT2D eigenvalue weighted by Crippen LogP contribution is -2.37. The van der Waals surface area contributed by atoms with Crippen LogP contribution in [0.3, 0.4) is 0 Å². The van der Waals surface area contributed by atoms with Crippen LogP contribution in [0.4, 0.5) is 0 Å². The van der Waals surface area contributed by atoms with Crippen molar-refractivity contribution in [2.45, 2.75) is 25.3 Å². The Balaban J connectivity index is 1.52. The lowest BCUT2D eigenvalue weighted by Gasteiger charge is -2.30. The van der Waals surface area contributed by atoms with Crippen molar-refractivity contribution in [3.8, 4) is 0 Å². The summed E-state index contributed by atoms with van der Waals surface area (Å²) in [5.41, 5.74) is 5.90. The summed E-state index contributed by atoms with van der Waals surface area (Å²) in [5, 5.41) is 1.23. The maximum absolute atomic E-state index is 11.6. The molecule has 2 N–H and O–H groups in total. The smallest absolute Gasteiger partial charge is 0.330 e. The van der Waals surface area contributed by atoms with E-state index in [1.165, 1.54) is 41.5 Å². The third-order valence-electron chi connectivity index (χ3n) is 6.37. The summed E-state index contributed by atoms with van der Waals surface area (Å²) in [5.74, 6) is -0.375. The summed E-state index contributed by atoms with van der Waals surface area (Å²) in [6.07, 6.45) is 9.25. The highest BCUT2D eigenvalue weighted by atomic mass is 32.2. The van der Waals surface area contributed by atoms with Gasteiger partial charge in [0, 0.05) is 48.9 Å². The van der Waals surface area contributed by atoms with Gasteiger partial charge in [-0.15, -0.1) is 0 Å². The molecule has 0 spiro atoms. The van der Waals surface area contributed by atoms with Crippen LogP contribution in [0.2, 0.25) is 0 Å². The highest BCUT2D eigenvalue weighted by Gasteiger charge is 2.28. The Morgan fingerprint density at radius 2 is 2.06 bits per heavy atom. The molecule has 1 atom stereocenters.